The second-order valence-corrected chi connectivity index (χ2v) is 5.08. The fourth-order valence-electron chi connectivity index (χ4n) is 2.81. The molecule has 1 aromatic rings. The van der Waals surface area contributed by atoms with Crippen molar-refractivity contribution in [1.82, 2.24) is 4.90 Å². The Bertz CT molecular complexity index is 363. The summed E-state index contributed by atoms with van der Waals surface area (Å²) in [5.74, 6) is 0.888. The van der Waals surface area contributed by atoms with Gasteiger partial charge in [-0.25, -0.2) is 0 Å². The molecule has 18 heavy (non-hydrogen) atoms. The number of methoxy groups -OCH3 is 1. The Morgan fingerprint density at radius 2 is 2.11 bits per heavy atom. The Labute approximate surface area is 110 Å². The van der Waals surface area contributed by atoms with Gasteiger partial charge in [-0.15, -0.1) is 0 Å². The van der Waals surface area contributed by atoms with Crippen LogP contribution in [-0.4, -0.2) is 31.1 Å². The van der Waals surface area contributed by atoms with Crippen molar-refractivity contribution in [2.75, 3.05) is 20.2 Å². The molecule has 2 atom stereocenters. The van der Waals surface area contributed by atoms with E-state index < -0.39 is 0 Å². The van der Waals surface area contributed by atoms with E-state index in [-0.39, 0.29) is 6.04 Å². The van der Waals surface area contributed by atoms with Crippen LogP contribution in [0.5, 0.6) is 5.75 Å². The van der Waals surface area contributed by atoms with Gasteiger partial charge in [0.2, 0.25) is 0 Å². The van der Waals surface area contributed by atoms with Gasteiger partial charge in [0.1, 0.15) is 5.75 Å². The smallest absolute Gasteiger partial charge is 0.118 e. The van der Waals surface area contributed by atoms with Gasteiger partial charge in [-0.2, -0.15) is 0 Å². The lowest BCUT2D eigenvalue weighted by Crippen LogP contribution is -2.35. The zero-order valence-electron chi connectivity index (χ0n) is 11.4. The highest BCUT2D eigenvalue weighted by Gasteiger charge is 2.24. The molecule has 0 radical (unpaired) electrons. The van der Waals surface area contributed by atoms with Crippen LogP contribution in [0.4, 0.5) is 0 Å². The molecule has 1 aliphatic rings. The third-order valence-electron chi connectivity index (χ3n) is 3.95. The third-order valence-corrected chi connectivity index (χ3v) is 3.95. The average molecular weight is 248 g/mol. The molecule has 2 unspecified atom stereocenters. The van der Waals surface area contributed by atoms with Gasteiger partial charge in [0, 0.05) is 18.6 Å². The summed E-state index contributed by atoms with van der Waals surface area (Å²) in [5, 5.41) is 0. The Balaban J connectivity index is 1.95. The molecule has 2 rings (SSSR count). The van der Waals surface area contributed by atoms with Crippen molar-refractivity contribution in [3.63, 3.8) is 0 Å². The first kappa shape index (κ1) is 13.4. The molecule has 1 aliphatic heterocycles. The minimum atomic E-state index is 0.100. The molecule has 0 spiro atoms. The summed E-state index contributed by atoms with van der Waals surface area (Å²) < 4.78 is 5.17. The van der Waals surface area contributed by atoms with Crippen LogP contribution < -0.4 is 10.5 Å². The van der Waals surface area contributed by atoms with Gasteiger partial charge in [0.05, 0.1) is 7.11 Å². The van der Waals surface area contributed by atoms with Crippen LogP contribution in [0, 0.1) is 0 Å². The van der Waals surface area contributed by atoms with E-state index in [4.69, 9.17) is 10.5 Å². The van der Waals surface area contributed by atoms with Crippen LogP contribution in [0.3, 0.4) is 0 Å². The van der Waals surface area contributed by atoms with Gasteiger partial charge < -0.3 is 10.5 Å². The van der Waals surface area contributed by atoms with Crippen molar-refractivity contribution in [2.45, 2.75) is 38.3 Å². The number of hydrogen-bond donors (Lipinski definition) is 1. The highest BCUT2D eigenvalue weighted by atomic mass is 16.5. The summed E-state index contributed by atoms with van der Waals surface area (Å²) in [6.45, 7) is 4.43. The number of likely N-dealkylation sites (tertiary alicyclic amines) is 1. The minimum Gasteiger partial charge on any atom is -0.497 e. The monoisotopic (exact) mass is 248 g/mol. The first-order valence-electron chi connectivity index (χ1n) is 6.88. The molecule has 0 aliphatic carbocycles. The molecule has 1 heterocycles. The van der Waals surface area contributed by atoms with Gasteiger partial charge in [-0.3, -0.25) is 4.90 Å². The quantitative estimate of drug-likeness (QED) is 0.870. The van der Waals surface area contributed by atoms with Gasteiger partial charge in [0.25, 0.3) is 0 Å². The fourth-order valence-corrected chi connectivity index (χ4v) is 2.81. The van der Waals surface area contributed by atoms with E-state index in [0.717, 1.165) is 18.3 Å². The molecule has 3 nitrogen and oxygen atoms in total. The molecule has 100 valence electrons. The molecule has 1 aromatic carbocycles. The molecule has 1 fully saturated rings. The van der Waals surface area contributed by atoms with Crippen LogP contribution in [0.25, 0.3) is 0 Å². The molecule has 1 saturated heterocycles. The van der Waals surface area contributed by atoms with Gasteiger partial charge in [-0.1, -0.05) is 19.1 Å². The topological polar surface area (TPSA) is 38.5 Å². The molecular formula is C15H24N2O. The first-order valence-corrected chi connectivity index (χ1v) is 6.88. The van der Waals surface area contributed by atoms with Crippen molar-refractivity contribution in [3.8, 4) is 5.75 Å². The van der Waals surface area contributed by atoms with E-state index in [1.54, 1.807) is 7.11 Å². The van der Waals surface area contributed by atoms with Crippen molar-refractivity contribution in [1.29, 1.82) is 0 Å². The fraction of sp³-hybridized carbons (Fsp3) is 0.600. The third kappa shape index (κ3) is 3.03. The van der Waals surface area contributed by atoms with E-state index in [0.29, 0.717) is 0 Å². The highest BCUT2D eigenvalue weighted by molar-refractivity contribution is 5.29. The summed E-state index contributed by atoms with van der Waals surface area (Å²) in [6, 6.07) is 8.94. The predicted molar refractivity (Wildman–Crippen MR) is 74.8 cm³/mol. The predicted octanol–water partition coefficient (Wildman–Crippen LogP) is 2.57. The van der Waals surface area contributed by atoms with Crippen LogP contribution in [0.1, 0.15) is 37.8 Å². The number of nitrogens with zero attached hydrogens (tertiary/aromatic N) is 1. The molecule has 0 amide bonds. The SMILES string of the molecule is CCC1CCCN1CC(N)c1ccc(OC)cc1. The van der Waals surface area contributed by atoms with Crippen LogP contribution in [0.15, 0.2) is 24.3 Å². The second kappa shape index (κ2) is 6.21. The lowest BCUT2D eigenvalue weighted by atomic mass is 10.1. The van der Waals surface area contributed by atoms with Crippen molar-refractivity contribution in [3.05, 3.63) is 29.8 Å². The first-order chi connectivity index (χ1) is 8.74. The lowest BCUT2D eigenvalue weighted by molar-refractivity contribution is 0.234. The summed E-state index contributed by atoms with van der Waals surface area (Å²) in [5.41, 5.74) is 7.49. The largest absolute Gasteiger partial charge is 0.497 e. The average Bonchev–Trinajstić information content (AvgIpc) is 2.86. The molecule has 0 aromatic heterocycles. The number of ether oxygens (including phenoxy) is 1. The van der Waals surface area contributed by atoms with E-state index in [1.165, 1.54) is 31.4 Å². The number of nitrogens with two attached hydrogens (primary N) is 1. The van der Waals surface area contributed by atoms with E-state index >= 15 is 0 Å². The maximum absolute atomic E-state index is 6.30. The zero-order valence-corrected chi connectivity index (χ0v) is 11.4. The van der Waals surface area contributed by atoms with E-state index in [2.05, 4.69) is 24.0 Å². The summed E-state index contributed by atoms with van der Waals surface area (Å²) >= 11 is 0. The molecular weight excluding hydrogens is 224 g/mol. The summed E-state index contributed by atoms with van der Waals surface area (Å²) in [6.07, 6.45) is 3.87. The Hall–Kier alpha value is -1.06. The van der Waals surface area contributed by atoms with Crippen LogP contribution in [0.2, 0.25) is 0 Å². The molecule has 0 bridgehead atoms. The van der Waals surface area contributed by atoms with E-state index in [9.17, 15) is 0 Å². The number of rotatable bonds is 5. The van der Waals surface area contributed by atoms with E-state index in [1.807, 2.05) is 12.1 Å². The summed E-state index contributed by atoms with van der Waals surface area (Å²) in [7, 11) is 1.69. The van der Waals surface area contributed by atoms with Crippen molar-refractivity contribution < 1.29 is 4.74 Å². The Kier molecular flexibility index (Phi) is 4.61. The molecule has 2 N–H and O–H groups in total. The Morgan fingerprint density at radius 1 is 1.39 bits per heavy atom. The van der Waals surface area contributed by atoms with Gasteiger partial charge >= 0.3 is 0 Å². The maximum Gasteiger partial charge on any atom is 0.118 e. The normalized spacial score (nSPS) is 22.1. The minimum absolute atomic E-state index is 0.100. The van der Waals surface area contributed by atoms with Crippen molar-refractivity contribution >= 4 is 0 Å². The lowest BCUT2D eigenvalue weighted by Gasteiger charge is -2.26. The van der Waals surface area contributed by atoms with Crippen LogP contribution in [-0.2, 0) is 0 Å². The van der Waals surface area contributed by atoms with Gasteiger partial charge in [0.15, 0.2) is 0 Å². The van der Waals surface area contributed by atoms with Gasteiger partial charge in [-0.05, 0) is 43.5 Å². The highest BCUT2D eigenvalue weighted by Crippen LogP contribution is 2.23. The number of benzene rings is 1. The summed E-state index contributed by atoms with van der Waals surface area (Å²) in [4.78, 5) is 2.54. The number of hydrogen-bond acceptors (Lipinski definition) is 3. The standard InChI is InChI=1S/C15H24N2O/c1-3-13-5-4-10-17(13)11-15(16)12-6-8-14(18-2)9-7-12/h6-9,13,15H,3-5,10-11,16H2,1-2H3. The molecule has 3 heteroatoms. The van der Waals surface area contributed by atoms with Crippen LogP contribution >= 0.6 is 0 Å². The molecule has 0 saturated carbocycles. The van der Waals surface area contributed by atoms with Crippen molar-refractivity contribution in [2.24, 2.45) is 5.73 Å². The maximum atomic E-state index is 6.30. The second-order valence-electron chi connectivity index (χ2n) is 5.08. The zero-order chi connectivity index (χ0) is 13.0. The Morgan fingerprint density at radius 3 is 2.72 bits per heavy atom.